The molecule has 1 saturated carbocycles. The molecule has 4 rings (SSSR count). The highest BCUT2D eigenvalue weighted by Crippen LogP contribution is 2.55. The van der Waals surface area contributed by atoms with Crippen molar-refractivity contribution < 1.29 is 9.90 Å². The van der Waals surface area contributed by atoms with Crippen LogP contribution < -0.4 is 0 Å². The summed E-state index contributed by atoms with van der Waals surface area (Å²) >= 11 is 0. The molecule has 0 aromatic heterocycles. The van der Waals surface area contributed by atoms with Crippen LogP contribution in [0.4, 0.5) is 0 Å². The van der Waals surface area contributed by atoms with Crippen molar-refractivity contribution in [2.75, 3.05) is 0 Å². The average molecular weight is 259 g/mol. The zero-order chi connectivity index (χ0) is 13.6. The van der Waals surface area contributed by atoms with E-state index in [-0.39, 0.29) is 12.0 Å². The van der Waals surface area contributed by atoms with E-state index in [4.69, 9.17) is 0 Å². The lowest BCUT2D eigenvalue weighted by molar-refractivity contribution is -0.146. The monoisotopic (exact) mass is 259 g/mol. The van der Waals surface area contributed by atoms with Gasteiger partial charge in [0.1, 0.15) is 6.04 Å². The number of carboxylic acid groups (broad SMARTS) is 1. The number of fused-ring (bicyclic) bond motifs is 1. The molecule has 3 fully saturated rings. The molecule has 2 bridgehead atoms. The Hall–Kier alpha value is -1.35. The van der Waals surface area contributed by atoms with E-state index in [1.54, 1.807) is 0 Å². The number of hydrogen-bond donors (Lipinski definition) is 1. The van der Waals surface area contributed by atoms with Gasteiger partial charge in [-0.2, -0.15) is 0 Å². The topological polar surface area (TPSA) is 40.5 Å². The average Bonchev–Trinajstić information content (AvgIpc) is 2.83. The smallest absolute Gasteiger partial charge is 0.321 e. The van der Waals surface area contributed by atoms with Crippen LogP contribution in [0.15, 0.2) is 30.3 Å². The summed E-state index contributed by atoms with van der Waals surface area (Å²) in [6.45, 7) is 4.02. The molecule has 1 aliphatic carbocycles. The molecule has 1 aromatic carbocycles. The van der Waals surface area contributed by atoms with Gasteiger partial charge in [-0.25, -0.2) is 0 Å². The number of aliphatic carboxylic acids is 1. The van der Waals surface area contributed by atoms with Crippen molar-refractivity contribution in [1.29, 1.82) is 0 Å². The highest BCUT2D eigenvalue weighted by atomic mass is 16.4. The maximum atomic E-state index is 11.6. The molecule has 3 aliphatic rings. The summed E-state index contributed by atoms with van der Waals surface area (Å²) in [5.74, 6) is 0.111. The molecule has 1 aromatic rings. The first kappa shape index (κ1) is 12.7. The summed E-state index contributed by atoms with van der Waals surface area (Å²) < 4.78 is 0. The normalized spacial score (nSPS) is 31.2. The van der Waals surface area contributed by atoms with Crippen LogP contribution in [0.5, 0.6) is 0 Å². The van der Waals surface area contributed by atoms with Crippen molar-refractivity contribution in [3.05, 3.63) is 35.9 Å². The van der Waals surface area contributed by atoms with Crippen molar-refractivity contribution in [3.63, 3.8) is 0 Å². The van der Waals surface area contributed by atoms with Gasteiger partial charge >= 0.3 is 5.97 Å². The van der Waals surface area contributed by atoms with E-state index in [0.717, 1.165) is 12.8 Å². The van der Waals surface area contributed by atoms with E-state index in [1.807, 2.05) is 32.0 Å². The van der Waals surface area contributed by atoms with Crippen molar-refractivity contribution in [2.45, 2.75) is 44.8 Å². The number of nitrogens with zero attached hydrogens (tertiary/aromatic N) is 1. The molecular formula is C16H21NO2. The van der Waals surface area contributed by atoms with Crippen molar-refractivity contribution in [1.82, 2.24) is 4.90 Å². The summed E-state index contributed by atoms with van der Waals surface area (Å²) in [6, 6.07) is 10.8. The standard InChI is InChI=1S/C16H21NO2/c1-10(2)14(16(18)19)17-13-8-12(9-13)15(17)11-6-4-3-5-7-11/h3-7,10,12-15H,8-9H2,1-2H3,(H,18,19)/t12?,13?,14-,15+/m0/s1. The van der Waals surface area contributed by atoms with E-state index in [0.29, 0.717) is 18.0 Å². The van der Waals surface area contributed by atoms with E-state index in [9.17, 15) is 9.90 Å². The Kier molecular flexibility index (Phi) is 3.09. The minimum Gasteiger partial charge on any atom is -0.480 e. The summed E-state index contributed by atoms with van der Waals surface area (Å²) in [5, 5.41) is 9.56. The Bertz CT molecular complexity index is 465. The van der Waals surface area contributed by atoms with Crippen LogP contribution in [0.2, 0.25) is 0 Å². The van der Waals surface area contributed by atoms with Gasteiger partial charge < -0.3 is 5.11 Å². The van der Waals surface area contributed by atoms with Crippen LogP contribution in [0, 0.1) is 11.8 Å². The molecule has 2 saturated heterocycles. The third kappa shape index (κ3) is 1.96. The first-order chi connectivity index (χ1) is 9.09. The van der Waals surface area contributed by atoms with E-state index in [2.05, 4.69) is 17.0 Å². The maximum Gasteiger partial charge on any atom is 0.321 e. The Labute approximate surface area is 114 Å². The Balaban J connectivity index is 1.94. The van der Waals surface area contributed by atoms with Crippen molar-refractivity contribution in [2.24, 2.45) is 11.8 Å². The molecule has 1 N–H and O–H groups in total. The van der Waals surface area contributed by atoms with Gasteiger partial charge in [-0.1, -0.05) is 44.2 Å². The molecule has 102 valence electrons. The molecule has 2 heterocycles. The first-order valence-corrected chi connectivity index (χ1v) is 7.14. The highest BCUT2D eigenvalue weighted by molar-refractivity contribution is 5.74. The molecule has 0 spiro atoms. The van der Waals surface area contributed by atoms with Gasteiger partial charge in [0, 0.05) is 12.1 Å². The van der Waals surface area contributed by atoms with Gasteiger partial charge in [0.15, 0.2) is 0 Å². The van der Waals surface area contributed by atoms with Gasteiger partial charge in [-0.3, -0.25) is 9.69 Å². The molecule has 19 heavy (non-hydrogen) atoms. The number of rotatable bonds is 4. The quantitative estimate of drug-likeness (QED) is 0.903. The third-order valence-electron chi connectivity index (χ3n) is 4.69. The summed E-state index contributed by atoms with van der Waals surface area (Å²) in [5.41, 5.74) is 1.28. The number of hydrogen-bond acceptors (Lipinski definition) is 2. The van der Waals surface area contributed by atoms with Gasteiger partial charge in [0.2, 0.25) is 0 Å². The number of carboxylic acids is 1. The number of carbonyl (C=O) groups is 1. The fourth-order valence-electron chi connectivity index (χ4n) is 3.85. The van der Waals surface area contributed by atoms with Crippen LogP contribution in [0.25, 0.3) is 0 Å². The second-order valence-corrected chi connectivity index (χ2v) is 6.22. The number of benzene rings is 1. The Morgan fingerprint density at radius 2 is 1.89 bits per heavy atom. The van der Waals surface area contributed by atoms with Gasteiger partial charge in [-0.05, 0) is 30.2 Å². The second kappa shape index (κ2) is 4.64. The summed E-state index contributed by atoms with van der Waals surface area (Å²) in [6.07, 6.45) is 2.33. The third-order valence-corrected chi connectivity index (χ3v) is 4.69. The van der Waals surface area contributed by atoms with Gasteiger partial charge in [0.05, 0.1) is 0 Å². The molecule has 0 radical (unpaired) electrons. The zero-order valence-corrected chi connectivity index (χ0v) is 11.5. The van der Waals surface area contributed by atoms with Crippen LogP contribution in [0.1, 0.15) is 38.3 Å². The lowest BCUT2D eigenvalue weighted by Gasteiger charge is -2.34. The molecular weight excluding hydrogens is 238 g/mol. The van der Waals surface area contributed by atoms with Gasteiger partial charge in [0.25, 0.3) is 0 Å². The molecule has 0 unspecified atom stereocenters. The van der Waals surface area contributed by atoms with Crippen LogP contribution in [-0.2, 0) is 4.79 Å². The van der Waals surface area contributed by atoms with E-state index < -0.39 is 5.97 Å². The maximum absolute atomic E-state index is 11.6. The lowest BCUT2D eigenvalue weighted by atomic mass is 9.81. The zero-order valence-electron chi connectivity index (χ0n) is 11.5. The first-order valence-electron chi connectivity index (χ1n) is 7.14. The Morgan fingerprint density at radius 1 is 1.26 bits per heavy atom. The minimum atomic E-state index is -0.677. The molecule has 2 atom stereocenters. The Morgan fingerprint density at radius 3 is 2.42 bits per heavy atom. The largest absolute Gasteiger partial charge is 0.480 e. The SMILES string of the molecule is CC(C)[C@@H](C(=O)O)N1C2CC(C2)[C@H]1c1ccccc1. The fourth-order valence-corrected chi connectivity index (χ4v) is 3.85. The van der Waals surface area contributed by atoms with Crippen LogP contribution in [0.3, 0.4) is 0 Å². The fraction of sp³-hybridized carbons (Fsp3) is 0.562. The van der Waals surface area contributed by atoms with Crippen LogP contribution >= 0.6 is 0 Å². The molecule has 3 heteroatoms. The molecule has 3 nitrogen and oxygen atoms in total. The van der Waals surface area contributed by atoms with Crippen LogP contribution in [-0.4, -0.2) is 28.1 Å². The second-order valence-electron chi connectivity index (χ2n) is 6.22. The molecule has 2 aliphatic heterocycles. The summed E-state index contributed by atoms with van der Waals surface area (Å²) in [4.78, 5) is 13.9. The van der Waals surface area contributed by atoms with Crippen molar-refractivity contribution in [3.8, 4) is 0 Å². The molecule has 0 amide bonds. The van der Waals surface area contributed by atoms with Gasteiger partial charge in [-0.15, -0.1) is 0 Å². The highest BCUT2D eigenvalue weighted by Gasteiger charge is 2.55. The summed E-state index contributed by atoms with van der Waals surface area (Å²) in [7, 11) is 0. The van der Waals surface area contributed by atoms with E-state index >= 15 is 0 Å². The predicted molar refractivity (Wildman–Crippen MR) is 73.8 cm³/mol. The predicted octanol–water partition coefficient (Wildman–Crippen LogP) is 2.93. The lowest BCUT2D eigenvalue weighted by Crippen LogP contribution is -2.46. The minimum absolute atomic E-state index is 0.142. The van der Waals surface area contributed by atoms with E-state index in [1.165, 1.54) is 5.56 Å². The van der Waals surface area contributed by atoms with Crippen molar-refractivity contribution >= 4 is 5.97 Å².